The summed E-state index contributed by atoms with van der Waals surface area (Å²) in [7, 11) is 0. The van der Waals surface area contributed by atoms with Gasteiger partial charge in [-0.05, 0) is 31.3 Å². The van der Waals surface area contributed by atoms with E-state index in [0.29, 0.717) is 18.4 Å². The summed E-state index contributed by atoms with van der Waals surface area (Å²) in [5.74, 6) is 1.34. The Hall–Kier alpha value is -0.610. The Balaban J connectivity index is 2.19. The molecular formula is C13H27N3O. The molecule has 0 aromatic rings. The molecule has 0 spiro atoms. The average molecular weight is 241 g/mol. The van der Waals surface area contributed by atoms with Crippen LogP contribution >= 0.6 is 0 Å². The van der Waals surface area contributed by atoms with E-state index in [9.17, 15) is 4.79 Å². The SMILES string of the molecule is CC(C)C(C)CNC(=O)CN1CCCNCC1. The quantitative estimate of drug-likeness (QED) is 0.744. The van der Waals surface area contributed by atoms with Gasteiger partial charge in [-0.2, -0.15) is 0 Å². The van der Waals surface area contributed by atoms with E-state index in [1.54, 1.807) is 0 Å². The smallest absolute Gasteiger partial charge is 0.234 e. The molecule has 1 aliphatic rings. The minimum Gasteiger partial charge on any atom is -0.355 e. The highest BCUT2D eigenvalue weighted by atomic mass is 16.2. The Kier molecular flexibility index (Phi) is 6.52. The fourth-order valence-electron chi connectivity index (χ4n) is 1.83. The van der Waals surface area contributed by atoms with E-state index in [1.807, 2.05) is 0 Å². The molecule has 0 saturated carbocycles. The first-order chi connectivity index (χ1) is 8.09. The van der Waals surface area contributed by atoms with Gasteiger partial charge in [0.05, 0.1) is 6.54 Å². The maximum absolute atomic E-state index is 11.8. The Morgan fingerprint density at radius 1 is 1.29 bits per heavy atom. The Labute approximate surface area is 105 Å². The van der Waals surface area contributed by atoms with Gasteiger partial charge in [0.15, 0.2) is 0 Å². The Morgan fingerprint density at radius 3 is 2.76 bits per heavy atom. The van der Waals surface area contributed by atoms with Crippen LogP contribution in [0.4, 0.5) is 0 Å². The second-order valence-corrected chi connectivity index (χ2v) is 5.41. The van der Waals surface area contributed by atoms with Crippen LogP contribution in [0, 0.1) is 11.8 Å². The zero-order valence-corrected chi connectivity index (χ0v) is 11.5. The molecule has 17 heavy (non-hydrogen) atoms. The number of carbonyl (C=O) groups is 1. The number of hydrogen-bond acceptors (Lipinski definition) is 3. The van der Waals surface area contributed by atoms with Crippen LogP contribution in [0.5, 0.6) is 0 Å². The molecule has 1 saturated heterocycles. The van der Waals surface area contributed by atoms with Crippen molar-refractivity contribution in [3.8, 4) is 0 Å². The van der Waals surface area contributed by atoms with Gasteiger partial charge in [-0.15, -0.1) is 0 Å². The molecule has 1 heterocycles. The fraction of sp³-hybridized carbons (Fsp3) is 0.923. The summed E-state index contributed by atoms with van der Waals surface area (Å²) in [6, 6.07) is 0. The third-order valence-corrected chi connectivity index (χ3v) is 3.56. The molecule has 0 aliphatic carbocycles. The monoisotopic (exact) mass is 241 g/mol. The molecular weight excluding hydrogens is 214 g/mol. The van der Waals surface area contributed by atoms with E-state index in [0.717, 1.165) is 39.1 Å². The second kappa shape index (κ2) is 7.67. The van der Waals surface area contributed by atoms with Gasteiger partial charge in [0.25, 0.3) is 0 Å². The van der Waals surface area contributed by atoms with Gasteiger partial charge in [0.1, 0.15) is 0 Å². The third kappa shape index (κ3) is 6.03. The van der Waals surface area contributed by atoms with Crippen molar-refractivity contribution in [2.75, 3.05) is 39.3 Å². The summed E-state index contributed by atoms with van der Waals surface area (Å²) in [5, 5.41) is 6.37. The summed E-state index contributed by atoms with van der Waals surface area (Å²) in [6.07, 6.45) is 1.13. The van der Waals surface area contributed by atoms with E-state index in [-0.39, 0.29) is 5.91 Å². The normalized spacial score (nSPS) is 20.0. The fourth-order valence-corrected chi connectivity index (χ4v) is 1.83. The lowest BCUT2D eigenvalue weighted by Gasteiger charge is -2.20. The van der Waals surface area contributed by atoms with Gasteiger partial charge in [-0.3, -0.25) is 9.69 Å². The lowest BCUT2D eigenvalue weighted by atomic mass is 9.98. The number of hydrogen-bond donors (Lipinski definition) is 2. The molecule has 1 rings (SSSR count). The summed E-state index contributed by atoms with van der Waals surface area (Å²) < 4.78 is 0. The standard InChI is InChI=1S/C13H27N3O/c1-11(2)12(3)9-15-13(17)10-16-7-4-5-14-6-8-16/h11-12,14H,4-10H2,1-3H3,(H,15,17). The lowest BCUT2D eigenvalue weighted by molar-refractivity contribution is -0.122. The van der Waals surface area contributed by atoms with Gasteiger partial charge in [-0.1, -0.05) is 20.8 Å². The molecule has 0 aromatic carbocycles. The number of amides is 1. The topological polar surface area (TPSA) is 44.4 Å². The highest BCUT2D eigenvalue weighted by Crippen LogP contribution is 2.07. The average Bonchev–Trinajstić information content (AvgIpc) is 2.54. The second-order valence-electron chi connectivity index (χ2n) is 5.41. The van der Waals surface area contributed by atoms with Gasteiger partial charge in [0.2, 0.25) is 5.91 Å². The zero-order valence-electron chi connectivity index (χ0n) is 11.5. The maximum Gasteiger partial charge on any atom is 0.234 e. The molecule has 1 atom stereocenters. The highest BCUT2D eigenvalue weighted by molar-refractivity contribution is 5.78. The van der Waals surface area contributed by atoms with Crippen LogP contribution in [-0.4, -0.2) is 50.1 Å². The van der Waals surface area contributed by atoms with Crippen molar-refractivity contribution in [1.29, 1.82) is 0 Å². The van der Waals surface area contributed by atoms with Crippen LogP contribution in [0.1, 0.15) is 27.2 Å². The van der Waals surface area contributed by atoms with E-state index in [2.05, 4.69) is 36.3 Å². The molecule has 0 bridgehead atoms. The number of nitrogens with one attached hydrogen (secondary N) is 2. The minimum absolute atomic E-state index is 0.166. The third-order valence-electron chi connectivity index (χ3n) is 3.56. The summed E-state index contributed by atoms with van der Waals surface area (Å²) >= 11 is 0. The largest absolute Gasteiger partial charge is 0.355 e. The van der Waals surface area contributed by atoms with E-state index >= 15 is 0 Å². The van der Waals surface area contributed by atoms with Crippen molar-refractivity contribution < 1.29 is 4.79 Å². The lowest BCUT2D eigenvalue weighted by Crippen LogP contribution is -2.40. The molecule has 1 aliphatic heterocycles. The Bertz CT molecular complexity index is 223. The van der Waals surface area contributed by atoms with Gasteiger partial charge in [-0.25, -0.2) is 0 Å². The molecule has 0 radical (unpaired) electrons. The molecule has 1 amide bonds. The summed E-state index contributed by atoms with van der Waals surface area (Å²) in [5.41, 5.74) is 0. The van der Waals surface area contributed by atoms with Crippen molar-refractivity contribution in [3.63, 3.8) is 0 Å². The molecule has 2 N–H and O–H groups in total. The molecule has 100 valence electrons. The first kappa shape index (κ1) is 14.5. The maximum atomic E-state index is 11.8. The van der Waals surface area contributed by atoms with Crippen molar-refractivity contribution in [2.24, 2.45) is 11.8 Å². The van der Waals surface area contributed by atoms with Crippen molar-refractivity contribution in [1.82, 2.24) is 15.5 Å². The summed E-state index contributed by atoms with van der Waals surface area (Å²) in [6.45, 7) is 12.0. The van der Waals surface area contributed by atoms with Crippen LogP contribution < -0.4 is 10.6 Å². The van der Waals surface area contributed by atoms with Crippen molar-refractivity contribution in [2.45, 2.75) is 27.2 Å². The van der Waals surface area contributed by atoms with Crippen molar-refractivity contribution >= 4 is 5.91 Å². The minimum atomic E-state index is 0.166. The first-order valence-corrected chi connectivity index (χ1v) is 6.79. The van der Waals surface area contributed by atoms with Gasteiger partial charge in [0, 0.05) is 19.6 Å². The molecule has 4 nitrogen and oxygen atoms in total. The van der Waals surface area contributed by atoms with Crippen LogP contribution in [0.25, 0.3) is 0 Å². The number of rotatable bonds is 5. The van der Waals surface area contributed by atoms with Gasteiger partial charge >= 0.3 is 0 Å². The van der Waals surface area contributed by atoms with Gasteiger partial charge < -0.3 is 10.6 Å². The van der Waals surface area contributed by atoms with Crippen LogP contribution in [0.15, 0.2) is 0 Å². The van der Waals surface area contributed by atoms with E-state index < -0.39 is 0 Å². The molecule has 0 aromatic heterocycles. The highest BCUT2D eigenvalue weighted by Gasteiger charge is 2.13. The number of nitrogens with zero attached hydrogens (tertiary/aromatic N) is 1. The molecule has 1 fully saturated rings. The Morgan fingerprint density at radius 2 is 2.06 bits per heavy atom. The van der Waals surface area contributed by atoms with E-state index in [1.165, 1.54) is 0 Å². The van der Waals surface area contributed by atoms with Crippen LogP contribution in [0.3, 0.4) is 0 Å². The first-order valence-electron chi connectivity index (χ1n) is 6.79. The molecule has 1 unspecified atom stereocenters. The summed E-state index contributed by atoms with van der Waals surface area (Å²) in [4.78, 5) is 14.0. The van der Waals surface area contributed by atoms with Crippen LogP contribution in [-0.2, 0) is 4.79 Å². The number of carbonyl (C=O) groups excluding carboxylic acids is 1. The van der Waals surface area contributed by atoms with Crippen molar-refractivity contribution in [3.05, 3.63) is 0 Å². The van der Waals surface area contributed by atoms with E-state index in [4.69, 9.17) is 0 Å². The van der Waals surface area contributed by atoms with Crippen LogP contribution in [0.2, 0.25) is 0 Å². The predicted molar refractivity (Wildman–Crippen MR) is 70.9 cm³/mol. The molecule has 4 heteroatoms. The zero-order chi connectivity index (χ0) is 12.7. The predicted octanol–water partition coefficient (Wildman–Crippen LogP) is 0.690.